The summed E-state index contributed by atoms with van der Waals surface area (Å²) < 4.78 is 40.0. The van der Waals surface area contributed by atoms with Crippen molar-refractivity contribution in [2.24, 2.45) is 5.92 Å². The molecule has 0 amide bonds. The molecule has 0 saturated heterocycles. The summed E-state index contributed by atoms with van der Waals surface area (Å²) in [5.74, 6) is 2.11. The van der Waals surface area contributed by atoms with Crippen LogP contribution < -0.4 is 0 Å². The molecule has 1 aliphatic heterocycles. The molecule has 170 valence electrons. The second kappa shape index (κ2) is 8.56. The summed E-state index contributed by atoms with van der Waals surface area (Å²) in [5.41, 5.74) is -3.16. The highest BCUT2D eigenvalue weighted by atomic mass is 19.1. The number of aliphatic hydroxyl groups is 1. The van der Waals surface area contributed by atoms with E-state index in [1.807, 2.05) is 6.07 Å². The summed E-state index contributed by atoms with van der Waals surface area (Å²) in [6.45, 7) is 6.05. The van der Waals surface area contributed by atoms with Crippen LogP contribution in [0.3, 0.4) is 0 Å². The molecule has 7 heteroatoms. The number of nitriles is 1. The van der Waals surface area contributed by atoms with Crippen LogP contribution in [0.25, 0.3) is 0 Å². The predicted octanol–water partition coefficient (Wildman–Crippen LogP) is 4.62. The summed E-state index contributed by atoms with van der Waals surface area (Å²) in [6.07, 6.45) is 4.49. The fraction of sp³-hybridized carbons (Fsp3) is 0.520. The van der Waals surface area contributed by atoms with Crippen LogP contribution in [-0.2, 0) is 19.7 Å². The van der Waals surface area contributed by atoms with Crippen molar-refractivity contribution in [2.45, 2.75) is 76.6 Å². The minimum absolute atomic E-state index is 0.0479. The lowest BCUT2D eigenvalue weighted by atomic mass is 9.82. The van der Waals surface area contributed by atoms with Crippen molar-refractivity contribution in [1.29, 1.82) is 5.26 Å². The number of hydrogen-bond acceptors (Lipinski definition) is 5. The third kappa shape index (κ3) is 5.11. The van der Waals surface area contributed by atoms with Crippen molar-refractivity contribution in [1.82, 2.24) is 0 Å². The van der Waals surface area contributed by atoms with Crippen LogP contribution in [0.15, 0.2) is 24.0 Å². The molecule has 5 nitrogen and oxygen atoms in total. The fourth-order valence-electron chi connectivity index (χ4n) is 4.29. The van der Waals surface area contributed by atoms with E-state index < -0.39 is 34.4 Å². The van der Waals surface area contributed by atoms with Crippen LogP contribution in [0, 0.1) is 40.7 Å². The first-order chi connectivity index (χ1) is 14.8. The zero-order valence-corrected chi connectivity index (χ0v) is 18.7. The zero-order chi connectivity index (χ0) is 23.7. The summed E-state index contributed by atoms with van der Waals surface area (Å²) in [6, 6.07) is 4.03. The number of hydrogen-bond donors (Lipinski definition) is 1. The summed E-state index contributed by atoms with van der Waals surface area (Å²) in [7, 11) is 0. The molecular formula is C25H27F2NO4. The summed E-state index contributed by atoms with van der Waals surface area (Å²) in [4.78, 5) is 11.9. The molecule has 1 heterocycles. The molecule has 1 saturated carbocycles. The van der Waals surface area contributed by atoms with Crippen molar-refractivity contribution in [3.8, 4) is 17.9 Å². The molecular weight excluding hydrogens is 416 g/mol. The Labute approximate surface area is 187 Å². The van der Waals surface area contributed by atoms with E-state index in [1.165, 1.54) is 19.9 Å². The third-order valence-corrected chi connectivity index (χ3v) is 5.85. The molecule has 0 radical (unpaired) electrons. The Balaban J connectivity index is 1.96. The van der Waals surface area contributed by atoms with E-state index in [0.717, 1.165) is 37.8 Å². The highest BCUT2D eigenvalue weighted by Gasteiger charge is 2.41. The zero-order valence-electron chi connectivity index (χ0n) is 18.7. The highest BCUT2D eigenvalue weighted by molar-refractivity contribution is 5.83. The predicted molar refractivity (Wildman–Crippen MR) is 113 cm³/mol. The molecule has 1 aliphatic carbocycles. The molecule has 0 spiro atoms. The van der Waals surface area contributed by atoms with Gasteiger partial charge in [-0.3, -0.25) is 0 Å². The van der Waals surface area contributed by atoms with Crippen LogP contribution in [0.1, 0.15) is 70.9 Å². The highest BCUT2D eigenvalue weighted by Crippen LogP contribution is 2.39. The second-order valence-corrected chi connectivity index (χ2v) is 9.42. The van der Waals surface area contributed by atoms with E-state index in [-0.39, 0.29) is 29.2 Å². The number of esters is 1. The van der Waals surface area contributed by atoms with Gasteiger partial charge in [0, 0.05) is 31.4 Å². The van der Waals surface area contributed by atoms with E-state index in [9.17, 15) is 23.9 Å². The smallest absolute Gasteiger partial charge is 0.337 e. The average Bonchev–Trinajstić information content (AvgIpc) is 3.19. The quantitative estimate of drug-likeness (QED) is 0.543. The van der Waals surface area contributed by atoms with Crippen molar-refractivity contribution >= 4 is 5.97 Å². The summed E-state index contributed by atoms with van der Waals surface area (Å²) in [5, 5.41) is 20.7. The van der Waals surface area contributed by atoms with Crippen molar-refractivity contribution in [3.63, 3.8) is 0 Å². The molecule has 2 aliphatic rings. The summed E-state index contributed by atoms with van der Waals surface area (Å²) >= 11 is 0. The molecule has 32 heavy (non-hydrogen) atoms. The van der Waals surface area contributed by atoms with Gasteiger partial charge in [0.25, 0.3) is 0 Å². The Morgan fingerprint density at radius 1 is 1.19 bits per heavy atom. The number of halogens is 2. The van der Waals surface area contributed by atoms with E-state index >= 15 is 0 Å². The first kappa shape index (κ1) is 23.8. The molecule has 1 atom stereocenters. The largest absolute Gasteiger partial charge is 0.457 e. The van der Waals surface area contributed by atoms with Gasteiger partial charge in [-0.1, -0.05) is 24.7 Å². The molecule has 0 aromatic heterocycles. The van der Waals surface area contributed by atoms with Gasteiger partial charge in [-0.2, -0.15) is 5.26 Å². The lowest BCUT2D eigenvalue weighted by Crippen LogP contribution is -2.40. The maximum Gasteiger partial charge on any atom is 0.337 e. The van der Waals surface area contributed by atoms with Gasteiger partial charge in [0.2, 0.25) is 5.79 Å². The van der Waals surface area contributed by atoms with Gasteiger partial charge >= 0.3 is 5.97 Å². The third-order valence-electron chi connectivity index (χ3n) is 5.85. The molecule has 0 bridgehead atoms. The van der Waals surface area contributed by atoms with Crippen molar-refractivity contribution in [2.75, 3.05) is 0 Å². The molecule has 1 aromatic carbocycles. The number of rotatable bonds is 4. The van der Waals surface area contributed by atoms with Gasteiger partial charge in [0.1, 0.15) is 23.0 Å². The van der Waals surface area contributed by atoms with Crippen LogP contribution >= 0.6 is 0 Å². The van der Waals surface area contributed by atoms with Crippen molar-refractivity contribution < 1.29 is 28.2 Å². The minimum atomic E-state index is -1.55. The first-order valence-corrected chi connectivity index (χ1v) is 10.6. The second-order valence-electron chi connectivity index (χ2n) is 9.42. The maximum atomic E-state index is 14.6. The number of cyclic esters (lactones) is 1. The number of nitrogens with zero attached hydrogens (tertiary/aromatic N) is 1. The first-order valence-electron chi connectivity index (χ1n) is 10.6. The van der Waals surface area contributed by atoms with Crippen LogP contribution in [-0.4, -0.2) is 22.5 Å². The average molecular weight is 443 g/mol. The molecule has 1 fully saturated rings. The van der Waals surface area contributed by atoms with E-state index in [2.05, 4.69) is 11.8 Å². The van der Waals surface area contributed by atoms with Gasteiger partial charge in [-0.25, -0.2) is 13.6 Å². The molecule has 3 rings (SSSR count). The standard InChI is InChI=1S/C25H27F2NO4/c1-23(2,15-28)22-19(26)11-16(12-20(22)27)9-10-25(30,17-7-5-6-8-17)14-18-13-21(29)32-24(3,4)31-18/h11-13,17,30H,5-8,14H2,1-4H3. The van der Waals surface area contributed by atoms with Gasteiger partial charge in [-0.15, -0.1) is 0 Å². The Morgan fingerprint density at radius 3 is 2.31 bits per heavy atom. The topological polar surface area (TPSA) is 79.5 Å². The van der Waals surface area contributed by atoms with Crippen LogP contribution in [0.2, 0.25) is 0 Å². The van der Waals surface area contributed by atoms with E-state index in [1.54, 1.807) is 13.8 Å². The molecule has 1 N–H and O–H groups in total. The van der Waals surface area contributed by atoms with Crippen molar-refractivity contribution in [3.05, 3.63) is 46.7 Å². The Bertz CT molecular complexity index is 1030. The number of ether oxygens (including phenoxy) is 2. The van der Waals surface area contributed by atoms with Gasteiger partial charge < -0.3 is 14.6 Å². The number of carbonyl (C=O) groups excluding carboxylic acids is 1. The number of benzene rings is 1. The van der Waals surface area contributed by atoms with Crippen LogP contribution in [0.5, 0.6) is 0 Å². The SMILES string of the molecule is CC1(C)OC(=O)C=C(CC(O)(C#Cc2cc(F)c(C(C)(C)C#N)c(F)c2)C2CCCC2)O1. The van der Waals surface area contributed by atoms with Gasteiger partial charge in [0.05, 0.1) is 17.6 Å². The molecule has 1 unspecified atom stereocenters. The Morgan fingerprint density at radius 2 is 1.78 bits per heavy atom. The lowest BCUT2D eigenvalue weighted by Gasteiger charge is -2.35. The Kier molecular flexibility index (Phi) is 6.36. The van der Waals surface area contributed by atoms with E-state index in [0.29, 0.717) is 0 Å². The van der Waals surface area contributed by atoms with Gasteiger partial charge in [0.15, 0.2) is 0 Å². The monoisotopic (exact) mass is 443 g/mol. The lowest BCUT2D eigenvalue weighted by molar-refractivity contribution is -0.207. The fourth-order valence-corrected chi connectivity index (χ4v) is 4.29. The normalized spacial score (nSPS) is 20.2. The van der Waals surface area contributed by atoms with Crippen LogP contribution in [0.4, 0.5) is 8.78 Å². The Hall–Kier alpha value is -2.90. The minimum Gasteiger partial charge on any atom is -0.457 e. The maximum absolute atomic E-state index is 14.6. The van der Waals surface area contributed by atoms with E-state index in [4.69, 9.17) is 9.47 Å². The van der Waals surface area contributed by atoms with Gasteiger partial charge in [-0.05, 0) is 44.7 Å². The number of carbonyl (C=O) groups is 1. The molecule has 1 aromatic rings.